The third kappa shape index (κ3) is 8.00. The van der Waals surface area contributed by atoms with Crippen LogP contribution in [-0.4, -0.2) is 66.6 Å². The molecule has 11 heteroatoms. The summed E-state index contributed by atoms with van der Waals surface area (Å²) in [5.74, 6) is 0.116. The van der Waals surface area contributed by atoms with Crippen molar-refractivity contribution in [2.24, 2.45) is 4.99 Å². The lowest BCUT2D eigenvalue weighted by Crippen LogP contribution is -2.45. The molecule has 0 saturated carbocycles. The summed E-state index contributed by atoms with van der Waals surface area (Å²) in [7, 11) is -3.22. The van der Waals surface area contributed by atoms with Crippen LogP contribution in [0.4, 0.5) is 10.5 Å². The van der Waals surface area contributed by atoms with Gasteiger partial charge in [0.25, 0.3) is 5.91 Å². The van der Waals surface area contributed by atoms with Gasteiger partial charge in [0.05, 0.1) is 24.2 Å². The van der Waals surface area contributed by atoms with Gasteiger partial charge in [-0.3, -0.25) is 4.79 Å². The zero-order valence-electron chi connectivity index (χ0n) is 23.3. The molecule has 4 rings (SSSR count). The van der Waals surface area contributed by atoms with E-state index in [0.717, 1.165) is 18.4 Å². The molecule has 2 aromatic rings. The van der Waals surface area contributed by atoms with E-state index < -0.39 is 33.5 Å². The highest BCUT2D eigenvalue weighted by Gasteiger charge is 2.49. The number of ether oxygens (including phenoxy) is 2. The molecule has 0 spiro atoms. The van der Waals surface area contributed by atoms with Crippen molar-refractivity contribution in [2.45, 2.75) is 69.9 Å². The third-order valence-corrected chi connectivity index (χ3v) is 9.62. The summed E-state index contributed by atoms with van der Waals surface area (Å²) in [6, 6.07) is 15.4. The molecule has 0 unspecified atom stereocenters. The number of sulfone groups is 1. The molecule has 2 aromatic carbocycles. The summed E-state index contributed by atoms with van der Waals surface area (Å²) in [5, 5.41) is 2.84. The number of thioether (sulfide) groups is 1. The summed E-state index contributed by atoms with van der Waals surface area (Å²) >= 11 is 1.29. The second-order valence-electron chi connectivity index (χ2n) is 11.0. The summed E-state index contributed by atoms with van der Waals surface area (Å²) in [6.07, 6.45) is 1.44. The van der Waals surface area contributed by atoms with Gasteiger partial charge in [-0.1, -0.05) is 61.5 Å². The standard InChI is InChI=1S/C29H37N3O6S2/c1-5-6-15-37-22-14-10-13-21(17-22)32-24-18-40(35,36)19-25(24)39-27(32)31-26(33)23(16-20-11-8-7-9-12-20)30-28(34)38-29(2,3)4/h7-14,17,23-25H,5-6,15-16,18-19H2,1-4H3,(H,30,34)/t23-,24-,25+/m1/s1. The molecule has 0 bridgehead atoms. The van der Waals surface area contributed by atoms with Crippen LogP contribution in [0.1, 0.15) is 46.1 Å². The number of amidine groups is 1. The number of aliphatic imine (C=N–C) groups is 1. The van der Waals surface area contributed by atoms with Crippen LogP contribution in [-0.2, 0) is 25.8 Å². The summed E-state index contributed by atoms with van der Waals surface area (Å²) in [5.41, 5.74) is 0.826. The number of carbonyl (C=O) groups excluding carboxylic acids is 2. The number of nitrogens with one attached hydrogen (secondary N) is 1. The molecule has 216 valence electrons. The van der Waals surface area contributed by atoms with Crippen molar-refractivity contribution in [3.8, 4) is 5.75 Å². The van der Waals surface area contributed by atoms with E-state index >= 15 is 0 Å². The average molecular weight is 588 g/mol. The van der Waals surface area contributed by atoms with Crippen molar-refractivity contribution in [3.63, 3.8) is 0 Å². The Morgan fingerprint density at radius 2 is 1.88 bits per heavy atom. The van der Waals surface area contributed by atoms with Crippen LogP contribution in [0.3, 0.4) is 0 Å². The van der Waals surface area contributed by atoms with E-state index in [9.17, 15) is 18.0 Å². The second-order valence-corrected chi connectivity index (χ2v) is 14.4. The predicted octanol–water partition coefficient (Wildman–Crippen LogP) is 4.60. The van der Waals surface area contributed by atoms with E-state index in [4.69, 9.17) is 9.47 Å². The van der Waals surface area contributed by atoms with Gasteiger partial charge < -0.3 is 19.7 Å². The molecule has 2 saturated heterocycles. The molecule has 2 aliphatic heterocycles. The number of unbranched alkanes of at least 4 members (excludes halogenated alkanes) is 1. The van der Waals surface area contributed by atoms with Crippen molar-refractivity contribution < 1.29 is 27.5 Å². The lowest BCUT2D eigenvalue weighted by atomic mass is 10.1. The van der Waals surface area contributed by atoms with Crippen LogP contribution in [0.5, 0.6) is 5.75 Å². The van der Waals surface area contributed by atoms with Crippen LogP contribution in [0.15, 0.2) is 59.6 Å². The number of fused-ring (bicyclic) bond motifs is 1. The van der Waals surface area contributed by atoms with Crippen molar-refractivity contribution in [3.05, 3.63) is 60.2 Å². The highest BCUT2D eigenvalue weighted by atomic mass is 32.2. The largest absolute Gasteiger partial charge is 0.494 e. The molecule has 40 heavy (non-hydrogen) atoms. The van der Waals surface area contributed by atoms with Crippen molar-refractivity contribution in [1.82, 2.24) is 5.32 Å². The lowest BCUT2D eigenvalue weighted by molar-refractivity contribution is -0.119. The van der Waals surface area contributed by atoms with Gasteiger partial charge in [-0.2, -0.15) is 4.99 Å². The second kappa shape index (κ2) is 12.6. The monoisotopic (exact) mass is 587 g/mol. The molecule has 0 radical (unpaired) electrons. The zero-order chi connectivity index (χ0) is 28.9. The average Bonchev–Trinajstić information content (AvgIpc) is 3.34. The molecule has 1 N–H and O–H groups in total. The van der Waals surface area contributed by atoms with Gasteiger partial charge in [0.1, 0.15) is 17.4 Å². The molecule has 3 atom stereocenters. The van der Waals surface area contributed by atoms with Crippen molar-refractivity contribution in [1.29, 1.82) is 0 Å². The number of benzene rings is 2. The van der Waals surface area contributed by atoms with E-state index in [1.807, 2.05) is 59.5 Å². The first-order valence-corrected chi connectivity index (χ1v) is 16.2. The topological polar surface area (TPSA) is 114 Å². The van der Waals surface area contributed by atoms with Gasteiger partial charge in [0.2, 0.25) is 0 Å². The summed E-state index contributed by atoms with van der Waals surface area (Å²) < 4.78 is 36.3. The zero-order valence-corrected chi connectivity index (χ0v) is 25.0. The number of nitrogens with zero attached hydrogens (tertiary/aromatic N) is 2. The maximum Gasteiger partial charge on any atom is 0.408 e. The molecular formula is C29H37N3O6S2. The minimum absolute atomic E-state index is 0.0162. The smallest absolute Gasteiger partial charge is 0.408 e. The number of hydrogen-bond acceptors (Lipinski definition) is 7. The Kier molecular flexibility index (Phi) is 9.45. The SMILES string of the molecule is CCCCOc1cccc(N2C(=NC(=O)[C@@H](Cc3ccccc3)NC(=O)OC(C)(C)C)S[C@H]3CS(=O)(=O)C[C@H]32)c1. The Hall–Kier alpha value is -3.05. The summed E-state index contributed by atoms with van der Waals surface area (Å²) in [4.78, 5) is 32.6. The van der Waals surface area contributed by atoms with E-state index in [1.165, 1.54) is 11.8 Å². The van der Waals surface area contributed by atoms with Crippen LogP contribution < -0.4 is 15.0 Å². The fraction of sp³-hybridized carbons (Fsp3) is 0.483. The fourth-order valence-electron chi connectivity index (χ4n) is 4.60. The van der Waals surface area contributed by atoms with Gasteiger partial charge in [-0.05, 0) is 44.9 Å². The van der Waals surface area contributed by atoms with Gasteiger partial charge in [-0.25, -0.2) is 13.2 Å². The Balaban J connectivity index is 1.64. The molecule has 2 amide bonds. The number of amides is 2. The van der Waals surface area contributed by atoms with Gasteiger partial charge in [0, 0.05) is 23.4 Å². The maximum absolute atomic E-state index is 13.6. The highest BCUT2D eigenvalue weighted by molar-refractivity contribution is 8.16. The minimum Gasteiger partial charge on any atom is -0.494 e. The van der Waals surface area contributed by atoms with E-state index in [2.05, 4.69) is 17.2 Å². The lowest BCUT2D eigenvalue weighted by Gasteiger charge is -2.26. The quantitative estimate of drug-likeness (QED) is 0.424. The van der Waals surface area contributed by atoms with E-state index in [1.54, 1.807) is 20.8 Å². The Morgan fingerprint density at radius 3 is 2.58 bits per heavy atom. The molecule has 2 aliphatic rings. The normalized spacial score (nSPS) is 21.6. The number of alkyl carbamates (subject to hydrolysis) is 1. The molecule has 2 fully saturated rings. The number of hydrogen-bond donors (Lipinski definition) is 1. The first kappa shape index (κ1) is 29.9. The first-order valence-electron chi connectivity index (χ1n) is 13.5. The van der Waals surface area contributed by atoms with Gasteiger partial charge in [0.15, 0.2) is 15.0 Å². The van der Waals surface area contributed by atoms with Gasteiger partial charge >= 0.3 is 6.09 Å². The van der Waals surface area contributed by atoms with Crippen molar-refractivity contribution in [2.75, 3.05) is 23.0 Å². The van der Waals surface area contributed by atoms with Crippen molar-refractivity contribution >= 4 is 44.5 Å². The van der Waals surface area contributed by atoms with Gasteiger partial charge in [-0.15, -0.1) is 0 Å². The van der Waals surface area contributed by atoms with E-state index in [-0.39, 0.29) is 29.2 Å². The van der Waals surface area contributed by atoms with Crippen LogP contribution in [0.25, 0.3) is 0 Å². The third-order valence-electron chi connectivity index (χ3n) is 6.41. The molecule has 2 heterocycles. The molecular weight excluding hydrogens is 550 g/mol. The number of rotatable bonds is 9. The molecule has 9 nitrogen and oxygen atoms in total. The summed E-state index contributed by atoms with van der Waals surface area (Å²) in [6.45, 7) is 7.92. The number of carbonyl (C=O) groups is 2. The maximum atomic E-state index is 13.6. The first-order chi connectivity index (χ1) is 18.9. The Morgan fingerprint density at radius 1 is 1.12 bits per heavy atom. The highest BCUT2D eigenvalue weighted by Crippen LogP contribution is 2.41. The molecule has 0 aromatic heterocycles. The minimum atomic E-state index is -3.22. The number of anilines is 1. The Bertz CT molecular complexity index is 1340. The molecule has 0 aliphatic carbocycles. The Labute approximate surface area is 240 Å². The van der Waals surface area contributed by atoms with E-state index in [0.29, 0.717) is 23.2 Å². The fourth-order valence-corrected chi connectivity index (χ4v) is 8.52. The predicted molar refractivity (Wildman–Crippen MR) is 159 cm³/mol. The van der Waals surface area contributed by atoms with Crippen LogP contribution >= 0.6 is 11.8 Å². The van der Waals surface area contributed by atoms with Crippen LogP contribution in [0, 0.1) is 0 Å². The van der Waals surface area contributed by atoms with Crippen LogP contribution in [0.2, 0.25) is 0 Å².